The normalized spacial score (nSPS) is 23.4. The molecule has 25 heavy (non-hydrogen) atoms. The van der Waals surface area contributed by atoms with Crippen LogP contribution in [0.25, 0.3) is 0 Å². The third kappa shape index (κ3) is 4.79. The van der Waals surface area contributed by atoms with Gasteiger partial charge in [-0.05, 0) is 24.3 Å². The minimum atomic E-state index is -3.47. The summed E-state index contributed by atoms with van der Waals surface area (Å²) in [6.45, 7) is 5.42. The first-order chi connectivity index (χ1) is 12.1. The molecule has 1 aromatic rings. The fraction of sp³-hybridized carbons (Fsp3) is 0.688. The second kappa shape index (κ2) is 8.59. The van der Waals surface area contributed by atoms with Crippen LogP contribution in [-0.4, -0.2) is 76.0 Å². The van der Waals surface area contributed by atoms with Gasteiger partial charge in [-0.2, -0.15) is 4.31 Å². The molecule has 0 saturated carbocycles. The Hall–Kier alpha value is -1.00. The predicted octanol–water partition coefficient (Wildman–Crippen LogP) is 0.597. The quantitative estimate of drug-likeness (QED) is 0.773. The molecule has 7 nitrogen and oxygen atoms in total. The number of hydrogen-bond acceptors (Lipinski definition) is 6. The number of morpholine rings is 1. The van der Waals surface area contributed by atoms with Crippen LogP contribution in [0.1, 0.15) is 12.8 Å². The van der Waals surface area contributed by atoms with Gasteiger partial charge in [0.2, 0.25) is 5.91 Å². The predicted molar refractivity (Wildman–Crippen MR) is 96.1 cm³/mol. The van der Waals surface area contributed by atoms with Crippen molar-refractivity contribution in [1.29, 1.82) is 0 Å². The van der Waals surface area contributed by atoms with Crippen molar-refractivity contribution >= 4 is 27.3 Å². The molecule has 0 unspecified atom stereocenters. The molecule has 0 aromatic carbocycles. The number of carbonyl (C=O) groups excluding carboxylic acids is 1. The molecular weight excluding hydrogens is 362 g/mol. The van der Waals surface area contributed by atoms with E-state index in [0.29, 0.717) is 23.7 Å². The van der Waals surface area contributed by atoms with Crippen LogP contribution < -0.4 is 5.32 Å². The highest BCUT2D eigenvalue weighted by molar-refractivity contribution is 7.91. The first kappa shape index (κ1) is 18.8. The van der Waals surface area contributed by atoms with Crippen molar-refractivity contribution in [3.63, 3.8) is 0 Å². The Morgan fingerprint density at radius 1 is 1.32 bits per heavy atom. The molecule has 0 aliphatic carbocycles. The highest BCUT2D eigenvalue weighted by Crippen LogP contribution is 2.26. The topological polar surface area (TPSA) is 79.0 Å². The zero-order chi connectivity index (χ0) is 17.7. The number of nitrogens with zero attached hydrogens (tertiary/aromatic N) is 2. The van der Waals surface area contributed by atoms with Crippen molar-refractivity contribution in [2.45, 2.75) is 17.1 Å². The van der Waals surface area contributed by atoms with Crippen LogP contribution in [0.4, 0.5) is 0 Å². The van der Waals surface area contributed by atoms with Crippen LogP contribution in [0.3, 0.4) is 0 Å². The number of thiophene rings is 1. The van der Waals surface area contributed by atoms with Gasteiger partial charge in [-0.1, -0.05) is 6.07 Å². The molecule has 0 bridgehead atoms. The summed E-state index contributed by atoms with van der Waals surface area (Å²) in [5, 5.41) is 4.72. The van der Waals surface area contributed by atoms with Gasteiger partial charge in [0.25, 0.3) is 10.0 Å². The third-order valence-corrected chi connectivity index (χ3v) is 7.91. The molecule has 1 aromatic heterocycles. The molecule has 1 N–H and O–H groups in total. The van der Waals surface area contributed by atoms with Crippen LogP contribution >= 0.6 is 11.3 Å². The van der Waals surface area contributed by atoms with Gasteiger partial charge >= 0.3 is 0 Å². The first-order valence-electron chi connectivity index (χ1n) is 8.69. The number of ether oxygens (including phenoxy) is 1. The zero-order valence-electron chi connectivity index (χ0n) is 14.2. The van der Waals surface area contributed by atoms with Gasteiger partial charge in [-0.25, -0.2) is 8.42 Å². The number of hydrogen-bond donors (Lipinski definition) is 1. The van der Waals surface area contributed by atoms with Gasteiger partial charge in [0.1, 0.15) is 4.21 Å². The van der Waals surface area contributed by atoms with Crippen LogP contribution in [0.2, 0.25) is 0 Å². The minimum absolute atomic E-state index is 0.0423. The summed E-state index contributed by atoms with van der Waals surface area (Å²) in [6.07, 6.45) is 1.45. The lowest BCUT2D eigenvalue weighted by Gasteiger charge is -2.31. The Bertz CT molecular complexity index is 657. The molecule has 2 fully saturated rings. The fourth-order valence-electron chi connectivity index (χ4n) is 3.22. The van der Waals surface area contributed by atoms with E-state index in [1.54, 1.807) is 17.5 Å². The molecule has 2 aliphatic heterocycles. The molecule has 0 radical (unpaired) electrons. The Morgan fingerprint density at radius 2 is 2.12 bits per heavy atom. The third-order valence-electron chi connectivity index (χ3n) is 4.68. The van der Waals surface area contributed by atoms with Crippen molar-refractivity contribution in [2.75, 3.05) is 52.5 Å². The molecule has 140 valence electrons. The van der Waals surface area contributed by atoms with E-state index in [4.69, 9.17) is 4.74 Å². The van der Waals surface area contributed by atoms with Gasteiger partial charge in [-0.3, -0.25) is 9.69 Å². The van der Waals surface area contributed by atoms with Gasteiger partial charge in [0, 0.05) is 39.3 Å². The lowest BCUT2D eigenvalue weighted by molar-refractivity contribution is -0.126. The maximum atomic E-state index is 12.6. The summed E-state index contributed by atoms with van der Waals surface area (Å²) >= 11 is 1.22. The van der Waals surface area contributed by atoms with Crippen LogP contribution in [0.15, 0.2) is 21.7 Å². The summed E-state index contributed by atoms with van der Waals surface area (Å²) < 4.78 is 32.4. The second-order valence-corrected chi connectivity index (χ2v) is 9.49. The summed E-state index contributed by atoms with van der Waals surface area (Å²) in [6, 6.07) is 3.35. The molecule has 3 rings (SSSR count). The Labute approximate surface area is 153 Å². The average Bonchev–Trinajstić information content (AvgIpc) is 3.18. The van der Waals surface area contributed by atoms with E-state index in [1.165, 1.54) is 15.6 Å². The number of amides is 1. The van der Waals surface area contributed by atoms with E-state index in [9.17, 15) is 13.2 Å². The van der Waals surface area contributed by atoms with Crippen molar-refractivity contribution in [3.05, 3.63) is 17.5 Å². The Morgan fingerprint density at radius 3 is 2.84 bits per heavy atom. The smallest absolute Gasteiger partial charge is 0.252 e. The van der Waals surface area contributed by atoms with Crippen LogP contribution in [-0.2, 0) is 19.6 Å². The Kier molecular flexibility index (Phi) is 6.45. The monoisotopic (exact) mass is 387 g/mol. The molecule has 0 spiro atoms. The molecule has 2 saturated heterocycles. The number of rotatable bonds is 6. The second-order valence-electron chi connectivity index (χ2n) is 6.38. The lowest BCUT2D eigenvalue weighted by atomic mass is 9.99. The van der Waals surface area contributed by atoms with Crippen molar-refractivity contribution in [3.8, 4) is 0 Å². The van der Waals surface area contributed by atoms with Gasteiger partial charge in [0.05, 0.1) is 19.1 Å². The van der Waals surface area contributed by atoms with Crippen molar-refractivity contribution < 1.29 is 17.9 Å². The van der Waals surface area contributed by atoms with E-state index in [0.717, 1.165) is 39.3 Å². The van der Waals surface area contributed by atoms with Gasteiger partial charge < -0.3 is 10.1 Å². The zero-order valence-corrected chi connectivity index (χ0v) is 15.9. The maximum Gasteiger partial charge on any atom is 0.252 e. The standard InChI is InChI=1S/C16H25N3O4S2/c20-16(17-5-7-18-8-10-23-11-9-18)14-3-1-6-19(13-14)25(21,22)15-4-2-12-24-15/h2,4,12,14H,1,3,5-11,13H2,(H,17,20)/t14-/m1/s1. The van der Waals surface area contributed by atoms with E-state index in [1.807, 2.05) is 0 Å². The van der Waals surface area contributed by atoms with Crippen molar-refractivity contribution in [1.82, 2.24) is 14.5 Å². The highest BCUT2D eigenvalue weighted by atomic mass is 32.2. The largest absolute Gasteiger partial charge is 0.379 e. The van der Waals surface area contributed by atoms with Crippen LogP contribution in [0, 0.1) is 5.92 Å². The number of carbonyl (C=O) groups is 1. The summed E-state index contributed by atoms with van der Waals surface area (Å²) in [5.41, 5.74) is 0. The van der Waals surface area contributed by atoms with E-state index < -0.39 is 10.0 Å². The Balaban J connectivity index is 1.49. The number of piperidine rings is 1. The lowest BCUT2D eigenvalue weighted by Crippen LogP contribution is -2.47. The van der Waals surface area contributed by atoms with Crippen molar-refractivity contribution in [2.24, 2.45) is 5.92 Å². The van der Waals surface area contributed by atoms with Gasteiger partial charge in [0.15, 0.2) is 0 Å². The summed E-state index contributed by atoms with van der Waals surface area (Å²) in [5.74, 6) is -0.312. The first-order valence-corrected chi connectivity index (χ1v) is 11.0. The SMILES string of the molecule is O=C(NCCN1CCOCC1)[C@@H]1CCCN(S(=O)(=O)c2cccs2)C1. The number of sulfonamides is 1. The summed E-state index contributed by atoms with van der Waals surface area (Å²) in [4.78, 5) is 14.7. The van der Waals surface area contributed by atoms with Gasteiger partial charge in [-0.15, -0.1) is 11.3 Å². The minimum Gasteiger partial charge on any atom is -0.379 e. The van der Waals surface area contributed by atoms with Crippen LogP contribution in [0.5, 0.6) is 0 Å². The molecule has 2 aliphatic rings. The molecule has 1 atom stereocenters. The molecule has 1 amide bonds. The maximum absolute atomic E-state index is 12.6. The molecule has 9 heteroatoms. The molecular formula is C16H25N3O4S2. The molecule has 3 heterocycles. The number of nitrogens with one attached hydrogen (secondary N) is 1. The highest BCUT2D eigenvalue weighted by Gasteiger charge is 2.33. The van der Waals surface area contributed by atoms with E-state index in [2.05, 4.69) is 10.2 Å². The average molecular weight is 388 g/mol. The van der Waals surface area contributed by atoms with E-state index in [-0.39, 0.29) is 18.4 Å². The summed E-state index contributed by atoms with van der Waals surface area (Å²) in [7, 11) is -3.47. The fourth-order valence-corrected chi connectivity index (χ4v) is 5.89. The van der Waals surface area contributed by atoms with E-state index >= 15 is 0 Å².